The monoisotopic (exact) mass is 828 g/mol. The minimum Gasteiger partial charge on any atom is -0.395 e. The number of benzene rings is 2. The number of pyridine rings is 1. The minimum atomic E-state index is -5.07. The maximum atomic E-state index is 15.4. The predicted molar refractivity (Wildman–Crippen MR) is 191 cm³/mol. The van der Waals surface area contributed by atoms with E-state index in [0.717, 1.165) is 18.4 Å². The molecule has 0 bridgehead atoms. The van der Waals surface area contributed by atoms with Crippen molar-refractivity contribution in [2.45, 2.75) is 43.4 Å². The number of aliphatic hydroxyl groups is 1. The van der Waals surface area contributed by atoms with Crippen molar-refractivity contribution in [2.24, 2.45) is 13.0 Å². The molecular formula is C35H32ClF7N8O4S. The Labute approximate surface area is 319 Å². The average molecular weight is 829 g/mol. The number of fused-ring (bicyclic) bond motifs is 4. The lowest BCUT2D eigenvalue weighted by molar-refractivity contribution is -0.142. The summed E-state index contributed by atoms with van der Waals surface area (Å²) in [6, 6.07) is 7.44. The number of carbonyl (C=O) groups excluding carboxylic acids is 1. The lowest BCUT2D eigenvalue weighted by atomic mass is 9.94. The largest absolute Gasteiger partial charge is 0.435 e. The fourth-order valence-corrected chi connectivity index (χ4v) is 8.16. The van der Waals surface area contributed by atoms with Crippen LogP contribution in [0.2, 0.25) is 5.02 Å². The van der Waals surface area contributed by atoms with Crippen molar-refractivity contribution in [1.82, 2.24) is 29.9 Å². The summed E-state index contributed by atoms with van der Waals surface area (Å²) in [7, 11) is -0.726. The molecule has 3 heterocycles. The standard InChI is InChI=1S/C35H32ClF7N8O4S/c1-49(8-9-52)25-7-5-19(20-4-6-23(36)28-30(20)50(2)47-33(28)48-56(3,54)55)29(45-25)24(12-16-10-17(37)13-18(38)11-16)44-26(53)15-51-32-27(31(46-51)35(41,42)43)21-14-22(21)34(32,39)40/h4-7,10-11,13,21-22,24,52H,8-9,12,14-15H2,1-3H3,(H,44,53)(H,47,48). The summed E-state index contributed by atoms with van der Waals surface area (Å²) in [5.74, 6) is -8.92. The van der Waals surface area contributed by atoms with Gasteiger partial charge >= 0.3 is 6.18 Å². The molecule has 3 unspecified atom stereocenters. The third kappa shape index (κ3) is 7.24. The summed E-state index contributed by atoms with van der Waals surface area (Å²) in [5, 5.41) is 20.3. The van der Waals surface area contributed by atoms with Crippen LogP contribution in [0.25, 0.3) is 22.0 Å². The van der Waals surface area contributed by atoms with Crippen LogP contribution >= 0.6 is 11.6 Å². The van der Waals surface area contributed by atoms with E-state index in [9.17, 15) is 40.3 Å². The second-order valence-corrected chi connectivity index (χ2v) is 16.0. The highest BCUT2D eigenvalue weighted by Gasteiger charge is 2.68. The Morgan fingerprint density at radius 1 is 1.11 bits per heavy atom. The molecule has 5 aromatic rings. The molecule has 56 heavy (non-hydrogen) atoms. The molecule has 0 aliphatic heterocycles. The first kappa shape index (κ1) is 39.3. The Bertz CT molecular complexity index is 2490. The third-order valence-electron chi connectivity index (χ3n) is 9.77. The van der Waals surface area contributed by atoms with Gasteiger partial charge in [0.05, 0.1) is 40.5 Å². The number of amides is 1. The van der Waals surface area contributed by atoms with Gasteiger partial charge in [-0.3, -0.25) is 18.9 Å². The van der Waals surface area contributed by atoms with Gasteiger partial charge in [0.2, 0.25) is 15.9 Å². The van der Waals surface area contributed by atoms with Crippen LogP contribution in [0.1, 0.15) is 46.6 Å². The summed E-state index contributed by atoms with van der Waals surface area (Å²) >= 11 is 6.56. The summed E-state index contributed by atoms with van der Waals surface area (Å²) < 4.78 is 130. The Balaban J connectivity index is 1.38. The number of aryl methyl sites for hydroxylation is 1. The number of nitrogens with one attached hydrogen (secondary N) is 2. The molecule has 298 valence electrons. The van der Waals surface area contributed by atoms with E-state index >= 15 is 8.78 Å². The maximum absolute atomic E-state index is 15.4. The van der Waals surface area contributed by atoms with Gasteiger partial charge in [-0.2, -0.15) is 32.1 Å². The quantitative estimate of drug-likeness (QED) is 0.132. The van der Waals surface area contributed by atoms with Crippen molar-refractivity contribution in [2.75, 3.05) is 36.1 Å². The molecule has 2 aliphatic carbocycles. The van der Waals surface area contributed by atoms with Crippen molar-refractivity contribution < 1.29 is 49.1 Å². The van der Waals surface area contributed by atoms with Gasteiger partial charge < -0.3 is 15.3 Å². The van der Waals surface area contributed by atoms with E-state index < -0.39 is 81.0 Å². The first-order valence-corrected chi connectivity index (χ1v) is 19.2. The summed E-state index contributed by atoms with van der Waals surface area (Å²) in [6.45, 7) is -1.27. The Kier molecular flexibility index (Phi) is 9.76. The van der Waals surface area contributed by atoms with Crippen LogP contribution in [0.15, 0.2) is 42.5 Å². The Morgan fingerprint density at radius 3 is 2.43 bits per heavy atom. The van der Waals surface area contributed by atoms with Crippen LogP contribution in [0.3, 0.4) is 0 Å². The second kappa shape index (κ2) is 13.9. The Hall–Kier alpha value is -4.95. The molecule has 3 atom stereocenters. The average Bonchev–Trinajstić information content (AvgIpc) is 3.62. The molecule has 2 aliphatic rings. The number of hydrogen-bond acceptors (Lipinski definition) is 8. The number of halogens is 8. The van der Waals surface area contributed by atoms with Crippen molar-refractivity contribution in [3.63, 3.8) is 0 Å². The molecule has 0 radical (unpaired) electrons. The molecule has 7 rings (SSSR count). The molecule has 0 saturated heterocycles. The highest BCUT2D eigenvalue weighted by molar-refractivity contribution is 7.92. The van der Waals surface area contributed by atoms with Crippen LogP contribution in [0.5, 0.6) is 0 Å². The lowest BCUT2D eigenvalue weighted by Gasteiger charge is -2.25. The molecule has 2 aromatic carbocycles. The van der Waals surface area contributed by atoms with E-state index in [0.29, 0.717) is 16.3 Å². The van der Waals surface area contributed by atoms with Crippen molar-refractivity contribution in [3.8, 4) is 11.1 Å². The van der Waals surface area contributed by atoms with Crippen LogP contribution in [0, 0.1) is 17.6 Å². The van der Waals surface area contributed by atoms with Gasteiger partial charge in [0.25, 0.3) is 5.92 Å². The minimum absolute atomic E-state index is 0.0158. The molecule has 3 N–H and O–H groups in total. The first-order valence-electron chi connectivity index (χ1n) is 16.9. The van der Waals surface area contributed by atoms with E-state index in [1.54, 1.807) is 30.1 Å². The van der Waals surface area contributed by atoms with Crippen molar-refractivity contribution >= 4 is 50.1 Å². The van der Waals surface area contributed by atoms with Gasteiger partial charge in [0, 0.05) is 49.3 Å². The summed E-state index contributed by atoms with van der Waals surface area (Å²) in [6.07, 6.45) is -4.68. The van der Waals surface area contributed by atoms with Gasteiger partial charge in [0.15, 0.2) is 11.5 Å². The summed E-state index contributed by atoms with van der Waals surface area (Å²) in [4.78, 5) is 20.2. The second-order valence-electron chi connectivity index (χ2n) is 13.9. The molecular weight excluding hydrogens is 797 g/mol. The number of carbonyl (C=O) groups is 1. The number of rotatable bonds is 12. The van der Waals surface area contributed by atoms with E-state index in [1.807, 2.05) is 0 Å². The van der Waals surface area contributed by atoms with Gasteiger partial charge in [-0.1, -0.05) is 17.7 Å². The van der Waals surface area contributed by atoms with E-state index in [4.69, 9.17) is 16.6 Å². The molecule has 0 spiro atoms. The topological polar surface area (TPSA) is 147 Å². The zero-order chi connectivity index (χ0) is 40.6. The van der Waals surface area contributed by atoms with Gasteiger partial charge in [-0.05, 0) is 54.7 Å². The van der Waals surface area contributed by atoms with Crippen LogP contribution in [0.4, 0.5) is 42.4 Å². The number of sulfonamides is 1. The highest BCUT2D eigenvalue weighted by atomic mass is 35.5. The molecule has 1 saturated carbocycles. The summed E-state index contributed by atoms with van der Waals surface area (Å²) in [5.41, 5.74) is -2.19. The molecule has 3 aromatic heterocycles. The SMILES string of the molecule is CN(CCO)c1ccc(-c2ccc(Cl)c3c(NS(C)(=O)=O)nn(C)c23)c(C(Cc2cc(F)cc(F)c2)NC(=O)Cn2nc(C(F)(F)F)c3c2C(F)(F)C2CC32)n1. The maximum Gasteiger partial charge on any atom is 0.435 e. The normalized spacial score (nSPS) is 17.8. The fraction of sp³-hybridized carbons (Fsp3) is 0.371. The zero-order valence-corrected chi connectivity index (χ0v) is 31.2. The number of alkyl halides is 5. The van der Waals surface area contributed by atoms with Crippen LogP contribution < -0.4 is 14.9 Å². The first-order chi connectivity index (χ1) is 26.2. The predicted octanol–water partition coefficient (Wildman–Crippen LogP) is 5.89. The molecule has 12 nitrogen and oxygen atoms in total. The molecule has 21 heteroatoms. The molecule has 1 amide bonds. The van der Waals surface area contributed by atoms with Crippen molar-refractivity contribution in [1.29, 1.82) is 0 Å². The number of aliphatic hydroxyl groups excluding tert-OH is 1. The fourth-order valence-electron chi connectivity index (χ4n) is 7.43. The van der Waals surface area contributed by atoms with Crippen LogP contribution in [-0.2, 0) is 46.9 Å². The number of likely N-dealkylation sites (N-methyl/N-ethyl adjacent to an activating group) is 1. The molecule has 1 fully saturated rings. The van der Waals surface area contributed by atoms with Gasteiger partial charge in [0.1, 0.15) is 29.7 Å². The number of aromatic nitrogens is 5. The number of anilines is 2. The van der Waals surface area contributed by atoms with Crippen LogP contribution in [-0.4, -0.2) is 70.4 Å². The highest BCUT2D eigenvalue weighted by Crippen LogP contribution is 2.68. The number of nitrogens with zero attached hydrogens (tertiary/aromatic N) is 6. The van der Waals surface area contributed by atoms with Gasteiger partial charge in [-0.25, -0.2) is 22.2 Å². The lowest BCUT2D eigenvalue weighted by Crippen LogP contribution is -2.35. The van der Waals surface area contributed by atoms with Gasteiger partial charge in [-0.15, -0.1) is 0 Å². The van der Waals surface area contributed by atoms with E-state index in [-0.39, 0.29) is 70.4 Å². The zero-order valence-electron chi connectivity index (χ0n) is 29.6. The third-order valence-corrected chi connectivity index (χ3v) is 10.6. The smallest absolute Gasteiger partial charge is 0.395 e. The van der Waals surface area contributed by atoms with E-state index in [2.05, 4.69) is 20.2 Å². The van der Waals surface area contributed by atoms with E-state index in [1.165, 1.54) is 17.8 Å². The van der Waals surface area contributed by atoms with Crippen molar-refractivity contribution in [3.05, 3.63) is 87.3 Å². The number of hydrogen-bond donors (Lipinski definition) is 3. The Morgan fingerprint density at radius 2 is 1.79 bits per heavy atom.